The smallest absolute Gasteiger partial charge is 0.275 e. The molecule has 0 radical (unpaired) electrons. The molecule has 8 heteroatoms. The Morgan fingerprint density at radius 3 is 2.26 bits per heavy atom. The molecule has 0 saturated carbocycles. The molecule has 4 atom stereocenters. The fraction of sp³-hybridized carbons (Fsp3) is 0.391. The van der Waals surface area contributed by atoms with Crippen LogP contribution in [0.25, 0.3) is 0 Å². The van der Waals surface area contributed by atoms with Gasteiger partial charge in [-0.3, -0.25) is 19.7 Å². The molecule has 160 valence electrons. The highest BCUT2D eigenvalue weighted by Gasteiger charge is 2.62. The molecule has 3 aliphatic heterocycles. The zero-order chi connectivity index (χ0) is 22.0. The molecule has 31 heavy (non-hydrogen) atoms. The summed E-state index contributed by atoms with van der Waals surface area (Å²) < 4.78 is 11.8. The van der Waals surface area contributed by atoms with Gasteiger partial charge < -0.3 is 9.47 Å². The first-order valence-corrected chi connectivity index (χ1v) is 10.3. The molecule has 2 aromatic rings. The Hall–Kier alpha value is -3.26. The summed E-state index contributed by atoms with van der Waals surface area (Å²) in [5, 5.41) is 11.6. The summed E-state index contributed by atoms with van der Waals surface area (Å²) in [6.45, 7) is 5.81. The van der Waals surface area contributed by atoms with Crippen LogP contribution >= 0.6 is 0 Å². The molecular formula is C23H22N2O6. The van der Waals surface area contributed by atoms with Gasteiger partial charge in [-0.05, 0) is 56.4 Å². The third-order valence-corrected chi connectivity index (χ3v) is 6.62. The normalized spacial score (nSPS) is 26.5. The van der Waals surface area contributed by atoms with E-state index in [2.05, 4.69) is 0 Å². The van der Waals surface area contributed by atoms with E-state index in [1.165, 1.54) is 18.2 Å². The van der Waals surface area contributed by atoms with E-state index in [-0.39, 0.29) is 41.1 Å². The van der Waals surface area contributed by atoms with Gasteiger partial charge in [0, 0.05) is 12.1 Å². The average molecular weight is 422 g/mol. The van der Waals surface area contributed by atoms with E-state index in [1.54, 1.807) is 0 Å². The van der Waals surface area contributed by atoms with Crippen molar-refractivity contribution in [3.63, 3.8) is 0 Å². The van der Waals surface area contributed by atoms with Crippen LogP contribution in [0.4, 0.5) is 11.4 Å². The van der Waals surface area contributed by atoms with Crippen LogP contribution in [-0.4, -0.2) is 28.9 Å². The SMILES string of the molecule is Cc1cc(C)c(C)c(Oc2cc(N3C(=O)C4C5CCC(O5)C4C3=O)cc([N+](=O)[O-])c2)c1. The molecule has 3 aliphatic rings. The molecular weight excluding hydrogens is 400 g/mol. The Balaban J connectivity index is 1.55. The van der Waals surface area contributed by atoms with Gasteiger partial charge in [0.1, 0.15) is 11.5 Å². The number of imide groups is 1. The summed E-state index contributed by atoms with van der Waals surface area (Å²) in [6, 6.07) is 7.95. The number of non-ortho nitro benzene ring substituents is 1. The second-order valence-corrected chi connectivity index (χ2v) is 8.60. The zero-order valence-electron chi connectivity index (χ0n) is 17.5. The van der Waals surface area contributed by atoms with Crippen molar-refractivity contribution >= 4 is 23.2 Å². The van der Waals surface area contributed by atoms with Crippen LogP contribution in [0.3, 0.4) is 0 Å². The number of hydrogen-bond acceptors (Lipinski definition) is 6. The first-order chi connectivity index (χ1) is 14.7. The predicted octanol–water partition coefficient (Wildman–Crippen LogP) is 3.98. The lowest BCUT2D eigenvalue weighted by atomic mass is 9.81. The highest BCUT2D eigenvalue weighted by molar-refractivity contribution is 6.23. The summed E-state index contributed by atoms with van der Waals surface area (Å²) in [5.41, 5.74) is 2.86. The molecule has 0 aromatic heterocycles. The van der Waals surface area contributed by atoms with Crippen molar-refractivity contribution in [2.75, 3.05) is 4.90 Å². The van der Waals surface area contributed by atoms with Crippen LogP contribution in [0.2, 0.25) is 0 Å². The van der Waals surface area contributed by atoms with E-state index in [0.717, 1.165) is 34.4 Å². The number of ether oxygens (including phenoxy) is 2. The van der Waals surface area contributed by atoms with Gasteiger partial charge in [-0.15, -0.1) is 0 Å². The number of fused-ring (bicyclic) bond motifs is 5. The minimum Gasteiger partial charge on any atom is -0.457 e. The van der Waals surface area contributed by atoms with Crippen molar-refractivity contribution in [2.45, 2.75) is 45.8 Å². The lowest BCUT2D eigenvalue weighted by Gasteiger charge is -2.19. The fourth-order valence-electron chi connectivity index (χ4n) is 5.06. The number of hydrogen-bond donors (Lipinski definition) is 0. The Labute approximate surface area is 178 Å². The largest absolute Gasteiger partial charge is 0.457 e. The Morgan fingerprint density at radius 2 is 1.65 bits per heavy atom. The van der Waals surface area contributed by atoms with Gasteiger partial charge in [0.05, 0.1) is 40.7 Å². The maximum absolute atomic E-state index is 13.1. The number of rotatable bonds is 4. The maximum atomic E-state index is 13.1. The highest BCUT2D eigenvalue weighted by atomic mass is 16.6. The van der Waals surface area contributed by atoms with E-state index >= 15 is 0 Å². The number of nitro groups is 1. The second-order valence-electron chi connectivity index (χ2n) is 8.60. The number of benzene rings is 2. The maximum Gasteiger partial charge on any atom is 0.275 e. The molecule has 2 bridgehead atoms. The summed E-state index contributed by atoms with van der Waals surface area (Å²) >= 11 is 0. The quantitative estimate of drug-likeness (QED) is 0.420. The van der Waals surface area contributed by atoms with Crippen molar-refractivity contribution in [1.82, 2.24) is 0 Å². The molecule has 0 aliphatic carbocycles. The van der Waals surface area contributed by atoms with Crippen LogP contribution < -0.4 is 9.64 Å². The third-order valence-electron chi connectivity index (χ3n) is 6.62. The van der Waals surface area contributed by atoms with Crippen molar-refractivity contribution < 1.29 is 24.0 Å². The number of nitrogens with zero attached hydrogens (tertiary/aromatic N) is 2. The summed E-state index contributed by atoms with van der Waals surface area (Å²) in [6.07, 6.45) is 1.02. The lowest BCUT2D eigenvalue weighted by molar-refractivity contribution is -0.384. The molecule has 2 amide bonds. The Kier molecular flexibility index (Phi) is 4.37. The Morgan fingerprint density at radius 1 is 1.00 bits per heavy atom. The van der Waals surface area contributed by atoms with Crippen molar-refractivity contribution in [2.24, 2.45) is 11.8 Å². The second kappa shape index (κ2) is 6.88. The van der Waals surface area contributed by atoms with Gasteiger partial charge in [0.2, 0.25) is 11.8 Å². The van der Waals surface area contributed by atoms with E-state index < -0.39 is 16.8 Å². The number of carbonyl (C=O) groups is 2. The topological polar surface area (TPSA) is 99.0 Å². The fourth-order valence-corrected chi connectivity index (χ4v) is 5.06. The van der Waals surface area contributed by atoms with E-state index in [9.17, 15) is 19.7 Å². The van der Waals surface area contributed by atoms with Crippen LogP contribution in [0.15, 0.2) is 30.3 Å². The third kappa shape index (κ3) is 3.01. The van der Waals surface area contributed by atoms with Crippen LogP contribution in [0.1, 0.15) is 29.5 Å². The molecule has 8 nitrogen and oxygen atoms in total. The molecule has 0 spiro atoms. The summed E-state index contributed by atoms with van der Waals surface area (Å²) in [4.78, 5) is 38.3. The summed E-state index contributed by atoms with van der Waals surface area (Å²) in [5.74, 6) is -0.930. The molecule has 0 N–H and O–H groups in total. The molecule has 3 fully saturated rings. The van der Waals surface area contributed by atoms with Crippen LogP contribution in [0.5, 0.6) is 11.5 Å². The van der Waals surface area contributed by atoms with E-state index in [4.69, 9.17) is 9.47 Å². The van der Waals surface area contributed by atoms with Crippen molar-refractivity contribution in [3.05, 3.63) is 57.1 Å². The minimum absolute atomic E-state index is 0.162. The van der Waals surface area contributed by atoms with Crippen LogP contribution in [0, 0.1) is 42.7 Å². The zero-order valence-corrected chi connectivity index (χ0v) is 17.5. The molecule has 5 rings (SSSR count). The highest BCUT2D eigenvalue weighted by Crippen LogP contribution is 2.50. The van der Waals surface area contributed by atoms with E-state index in [1.807, 2.05) is 32.9 Å². The predicted molar refractivity (Wildman–Crippen MR) is 111 cm³/mol. The van der Waals surface area contributed by atoms with Crippen molar-refractivity contribution in [3.8, 4) is 11.5 Å². The lowest BCUT2D eigenvalue weighted by Crippen LogP contribution is -2.34. The van der Waals surface area contributed by atoms with E-state index in [0.29, 0.717) is 5.75 Å². The first kappa shape index (κ1) is 19.7. The van der Waals surface area contributed by atoms with Gasteiger partial charge in [-0.25, -0.2) is 4.90 Å². The molecule has 2 aromatic carbocycles. The van der Waals surface area contributed by atoms with Gasteiger partial charge in [0.25, 0.3) is 5.69 Å². The Bertz CT molecular complexity index is 1120. The standard InChI is InChI=1S/C23H22N2O6/c1-11-6-12(2)13(3)19(7-11)30-16-9-14(8-15(10-16)25(28)29)24-22(26)20-17-4-5-18(31-17)21(20)23(24)27/h6-10,17-18,20-21H,4-5H2,1-3H3. The number of anilines is 1. The number of amides is 2. The monoisotopic (exact) mass is 422 g/mol. The van der Waals surface area contributed by atoms with Crippen molar-refractivity contribution in [1.29, 1.82) is 0 Å². The number of nitro benzene ring substituents is 1. The molecule has 4 unspecified atom stereocenters. The van der Waals surface area contributed by atoms with Gasteiger partial charge in [-0.2, -0.15) is 0 Å². The average Bonchev–Trinajstić information content (AvgIpc) is 3.39. The molecule has 3 saturated heterocycles. The summed E-state index contributed by atoms with van der Waals surface area (Å²) in [7, 11) is 0. The van der Waals surface area contributed by atoms with Gasteiger partial charge in [-0.1, -0.05) is 6.07 Å². The molecule has 3 heterocycles. The van der Waals surface area contributed by atoms with Gasteiger partial charge >= 0.3 is 0 Å². The van der Waals surface area contributed by atoms with Gasteiger partial charge in [0.15, 0.2) is 0 Å². The minimum atomic E-state index is -0.552. The van der Waals surface area contributed by atoms with Crippen LogP contribution in [-0.2, 0) is 14.3 Å². The number of carbonyl (C=O) groups excluding carboxylic acids is 2. The number of aryl methyl sites for hydroxylation is 2. The first-order valence-electron chi connectivity index (χ1n) is 10.3.